The van der Waals surface area contributed by atoms with Crippen molar-refractivity contribution < 1.29 is 26.3 Å². The van der Waals surface area contributed by atoms with E-state index in [0.717, 1.165) is 12.0 Å². The molecule has 1 N–H and O–H groups in total. The second kappa shape index (κ2) is 6.17. The van der Waals surface area contributed by atoms with Gasteiger partial charge in [0.15, 0.2) is 0 Å². The summed E-state index contributed by atoms with van der Waals surface area (Å²) < 4.78 is 71.5. The zero-order chi connectivity index (χ0) is 16.4. The van der Waals surface area contributed by atoms with E-state index in [1.54, 1.807) is 12.1 Å². The maximum absolute atomic E-state index is 13.4. The predicted molar refractivity (Wildman–Crippen MR) is 75.0 cm³/mol. The molecule has 124 valence electrons. The van der Waals surface area contributed by atoms with Crippen molar-refractivity contribution in [2.24, 2.45) is 0 Å². The van der Waals surface area contributed by atoms with Crippen molar-refractivity contribution in [1.82, 2.24) is 4.72 Å². The van der Waals surface area contributed by atoms with Gasteiger partial charge in [-0.1, -0.05) is 19.1 Å². The predicted octanol–water partition coefficient (Wildman–Crippen LogP) is 2.64. The van der Waals surface area contributed by atoms with Gasteiger partial charge >= 0.3 is 6.18 Å². The van der Waals surface area contributed by atoms with Crippen molar-refractivity contribution in [3.63, 3.8) is 0 Å². The number of rotatable bonds is 4. The fraction of sp³-hybridized carbons (Fsp3) is 0.571. The number of ether oxygens (including phenoxy) is 1. The van der Waals surface area contributed by atoms with Crippen molar-refractivity contribution in [1.29, 1.82) is 0 Å². The van der Waals surface area contributed by atoms with Crippen molar-refractivity contribution in [3.05, 3.63) is 29.8 Å². The first-order valence-electron chi connectivity index (χ1n) is 6.98. The van der Waals surface area contributed by atoms with Crippen LogP contribution in [0.15, 0.2) is 29.2 Å². The zero-order valence-corrected chi connectivity index (χ0v) is 12.9. The lowest BCUT2D eigenvalue weighted by molar-refractivity contribution is -0.210. The summed E-state index contributed by atoms with van der Waals surface area (Å²) in [6.45, 7) is 1.65. The van der Waals surface area contributed by atoms with Crippen LogP contribution in [0.25, 0.3) is 0 Å². The first kappa shape index (κ1) is 17.2. The largest absolute Gasteiger partial charge is 0.407 e. The van der Waals surface area contributed by atoms with Crippen molar-refractivity contribution in [2.75, 3.05) is 13.2 Å². The highest BCUT2D eigenvalue weighted by atomic mass is 32.2. The minimum atomic E-state index is -4.67. The molecule has 0 saturated carbocycles. The normalized spacial score (nSPS) is 19.1. The number of benzene rings is 1. The lowest BCUT2D eigenvalue weighted by atomic mass is 9.91. The van der Waals surface area contributed by atoms with Crippen LogP contribution in [0.2, 0.25) is 0 Å². The molecule has 0 bridgehead atoms. The minimum Gasteiger partial charge on any atom is -0.381 e. The van der Waals surface area contributed by atoms with Crippen LogP contribution in [0.5, 0.6) is 0 Å². The van der Waals surface area contributed by atoms with Gasteiger partial charge < -0.3 is 4.74 Å². The van der Waals surface area contributed by atoms with Crippen LogP contribution in [-0.2, 0) is 21.2 Å². The van der Waals surface area contributed by atoms with Gasteiger partial charge in [0, 0.05) is 13.2 Å². The molecule has 0 aromatic heterocycles. The molecule has 0 spiro atoms. The molecule has 4 nitrogen and oxygen atoms in total. The molecule has 0 unspecified atom stereocenters. The molecular formula is C14H18F3NO3S. The standard InChI is InChI=1S/C14H18F3NO3S/c1-2-11-3-5-12(6-4-11)22(19,20)18-13(14(15,16)17)7-9-21-10-8-13/h3-6,18H,2,7-10H2,1H3. The average Bonchev–Trinajstić information content (AvgIpc) is 2.47. The highest BCUT2D eigenvalue weighted by Gasteiger charge is 2.57. The van der Waals surface area contributed by atoms with Crippen LogP contribution in [0, 0.1) is 0 Å². The van der Waals surface area contributed by atoms with E-state index in [-0.39, 0.29) is 18.1 Å². The maximum atomic E-state index is 13.4. The molecule has 0 radical (unpaired) electrons. The fourth-order valence-electron chi connectivity index (χ4n) is 2.38. The zero-order valence-electron chi connectivity index (χ0n) is 12.1. The summed E-state index contributed by atoms with van der Waals surface area (Å²) in [6, 6.07) is 5.84. The van der Waals surface area contributed by atoms with Crippen LogP contribution < -0.4 is 4.72 Å². The molecule has 1 heterocycles. The van der Waals surface area contributed by atoms with Crippen molar-refractivity contribution in [3.8, 4) is 0 Å². The number of aryl methyl sites for hydroxylation is 1. The third-order valence-electron chi connectivity index (χ3n) is 3.86. The first-order valence-corrected chi connectivity index (χ1v) is 8.46. The maximum Gasteiger partial charge on any atom is 0.407 e. The van der Waals surface area contributed by atoms with Gasteiger partial charge in [0.2, 0.25) is 10.0 Å². The molecule has 1 aliphatic rings. The number of nitrogens with one attached hydrogen (secondary N) is 1. The van der Waals surface area contributed by atoms with E-state index in [2.05, 4.69) is 0 Å². The number of halogens is 3. The molecule has 0 amide bonds. The Kier molecular flexibility index (Phi) is 4.84. The summed E-state index contributed by atoms with van der Waals surface area (Å²) in [7, 11) is -4.25. The van der Waals surface area contributed by atoms with E-state index >= 15 is 0 Å². The summed E-state index contributed by atoms with van der Waals surface area (Å²) in [5.41, 5.74) is -1.55. The summed E-state index contributed by atoms with van der Waals surface area (Å²) in [5.74, 6) is 0. The SMILES string of the molecule is CCc1ccc(S(=O)(=O)NC2(C(F)(F)F)CCOCC2)cc1. The molecule has 1 aromatic carbocycles. The van der Waals surface area contributed by atoms with E-state index in [1.165, 1.54) is 12.1 Å². The number of hydrogen-bond acceptors (Lipinski definition) is 3. The van der Waals surface area contributed by atoms with E-state index in [1.807, 2.05) is 11.6 Å². The number of alkyl halides is 3. The van der Waals surface area contributed by atoms with Gasteiger partial charge in [-0.2, -0.15) is 17.9 Å². The smallest absolute Gasteiger partial charge is 0.381 e. The van der Waals surface area contributed by atoms with Crippen molar-refractivity contribution in [2.45, 2.75) is 42.8 Å². The molecule has 22 heavy (non-hydrogen) atoms. The highest BCUT2D eigenvalue weighted by Crippen LogP contribution is 2.39. The molecule has 2 rings (SSSR count). The van der Waals surface area contributed by atoms with Gasteiger partial charge in [-0.25, -0.2) is 8.42 Å². The van der Waals surface area contributed by atoms with E-state index in [9.17, 15) is 21.6 Å². The van der Waals surface area contributed by atoms with Gasteiger partial charge in [0.05, 0.1) is 4.90 Å². The molecule has 8 heteroatoms. The van der Waals surface area contributed by atoms with Crippen LogP contribution in [0.3, 0.4) is 0 Å². The molecule has 0 atom stereocenters. The molecule has 1 aliphatic heterocycles. The van der Waals surface area contributed by atoms with Crippen LogP contribution >= 0.6 is 0 Å². The fourth-order valence-corrected chi connectivity index (χ4v) is 3.83. The molecule has 1 fully saturated rings. The van der Waals surface area contributed by atoms with E-state index in [4.69, 9.17) is 4.74 Å². The summed E-state index contributed by atoms with van der Waals surface area (Å²) in [4.78, 5) is -0.167. The Labute approximate surface area is 127 Å². The monoisotopic (exact) mass is 337 g/mol. The Hall–Kier alpha value is -1.12. The van der Waals surface area contributed by atoms with Gasteiger partial charge in [0.1, 0.15) is 5.54 Å². The first-order chi connectivity index (χ1) is 10.2. The molecule has 1 aromatic rings. The van der Waals surface area contributed by atoms with Crippen LogP contribution in [0.1, 0.15) is 25.3 Å². The molecule has 0 aliphatic carbocycles. The van der Waals surface area contributed by atoms with Gasteiger partial charge in [0.25, 0.3) is 0 Å². The minimum absolute atomic E-state index is 0.128. The van der Waals surface area contributed by atoms with E-state index < -0.39 is 34.6 Å². The Bertz CT molecular complexity index is 605. The van der Waals surface area contributed by atoms with Crippen LogP contribution in [-0.4, -0.2) is 33.3 Å². The van der Waals surface area contributed by atoms with E-state index in [0.29, 0.717) is 0 Å². The lowest BCUT2D eigenvalue weighted by Gasteiger charge is -2.38. The summed E-state index contributed by atoms with van der Waals surface area (Å²) >= 11 is 0. The highest BCUT2D eigenvalue weighted by molar-refractivity contribution is 7.89. The van der Waals surface area contributed by atoms with Crippen molar-refractivity contribution >= 4 is 10.0 Å². The second-order valence-corrected chi connectivity index (χ2v) is 6.98. The third-order valence-corrected chi connectivity index (χ3v) is 5.41. The van der Waals surface area contributed by atoms with Crippen LogP contribution in [0.4, 0.5) is 13.2 Å². The average molecular weight is 337 g/mol. The number of sulfonamides is 1. The lowest BCUT2D eigenvalue weighted by Crippen LogP contribution is -2.61. The molecular weight excluding hydrogens is 319 g/mol. The Morgan fingerprint density at radius 3 is 2.18 bits per heavy atom. The quantitative estimate of drug-likeness (QED) is 0.919. The Balaban J connectivity index is 2.31. The van der Waals surface area contributed by atoms with Gasteiger partial charge in [-0.3, -0.25) is 0 Å². The Morgan fingerprint density at radius 2 is 1.73 bits per heavy atom. The topological polar surface area (TPSA) is 55.4 Å². The Morgan fingerprint density at radius 1 is 1.18 bits per heavy atom. The second-order valence-electron chi connectivity index (χ2n) is 5.30. The van der Waals surface area contributed by atoms with Gasteiger partial charge in [-0.05, 0) is 37.0 Å². The summed E-state index contributed by atoms with van der Waals surface area (Å²) in [5, 5.41) is 0. The molecule has 1 saturated heterocycles. The third kappa shape index (κ3) is 3.44. The van der Waals surface area contributed by atoms with Gasteiger partial charge in [-0.15, -0.1) is 0 Å². The number of hydrogen-bond donors (Lipinski definition) is 1. The summed E-state index contributed by atoms with van der Waals surface area (Å²) in [6.07, 6.45) is -4.81.